The first-order valence-corrected chi connectivity index (χ1v) is 7.89. The van der Waals surface area contributed by atoms with Crippen LogP contribution in [0.3, 0.4) is 0 Å². The lowest BCUT2D eigenvalue weighted by Gasteiger charge is -2.03. The van der Waals surface area contributed by atoms with E-state index >= 15 is 0 Å². The topological polar surface area (TPSA) is 0 Å². The highest BCUT2D eigenvalue weighted by Crippen LogP contribution is 2.28. The normalized spacial score (nSPS) is 10.6. The Morgan fingerprint density at radius 3 is 1.17 bits per heavy atom. The Morgan fingerprint density at radius 1 is 0.522 bits per heavy atom. The summed E-state index contributed by atoms with van der Waals surface area (Å²) in [5, 5.41) is 0. The van der Waals surface area contributed by atoms with Crippen molar-refractivity contribution >= 4 is 11.8 Å². The molecule has 0 saturated carbocycles. The molecule has 0 N–H and O–H groups in total. The van der Waals surface area contributed by atoms with E-state index in [0.29, 0.717) is 0 Å². The van der Waals surface area contributed by atoms with E-state index in [0.717, 1.165) is 12.1 Å². The summed E-state index contributed by atoms with van der Waals surface area (Å²) in [5.74, 6) is 0. The van der Waals surface area contributed by atoms with E-state index in [4.69, 9.17) is 0 Å². The number of thiol groups is 1. The van der Waals surface area contributed by atoms with Crippen LogP contribution in [0.4, 0.5) is 13.2 Å². The van der Waals surface area contributed by atoms with Crippen molar-refractivity contribution in [1.29, 1.82) is 0 Å². The molecule has 0 aliphatic rings. The molecule has 0 aliphatic carbocycles. The minimum atomic E-state index is -4.21. The maximum Gasteiger partial charge on any atom is 0.416 e. The maximum atomic E-state index is 11.8. The number of hydrogen-bond donors (Lipinski definition) is 0. The fourth-order valence-corrected chi connectivity index (χ4v) is 2.72. The highest BCUT2D eigenvalue weighted by molar-refractivity contribution is 7.78. The van der Waals surface area contributed by atoms with E-state index < -0.39 is 11.7 Å². The van der Waals surface area contributed by atoms with E-state index in [1.165, 1.54) is 33.7 Å². The zero-order chi connectivity index (χ0) is 16.5. The second-order valence-corrected chi connectivity index (χ2v) is 5.90. The van der Waals surface area contributed by atoms with Gasteiger partial charge in [0.15, 0.2) is 9.79 Å². The molecule has 0 amide bonds. The predicted molar refractivity (Wildman–Crippen MR) is 89.6 cm³/mol. The van der Waals surface area contributed by atoms with E-state index in [-0.39, 0.29) is 0 Å². The summed E-state index contributed by atoms with van der Waals surface area (Å²) < 4.78 is 35.4. The van der Waals surface area contributed by atoms with Gasteiger partial charge in [-0.3, -0.25) is 0 Å². The van der Waals surface area contributed by atoms with Gasteiger partial charge in [-0.05, 0) is 24.3 Å². The van der Waals surface area contributed by atoms with Crippen molar-refractivity contribution in [3.05, 3.63) is 96.6 Å². The highest BCUT2D eigenvalue weighted by atomic mass is 32.2. The van der Waals surface area contributed by atoms with Crippen LogP contribution in [0.25, 0.3) is 0 Å². The third-order valence-electron chi connectivity index (χ3n) is 2.87. The summed E-state index contributed by atoms with van der Waals surface area (Å²) in [6, 6.07) is 27.3. The number of halogens is 3. The Bertz CT molecular complexity index is 643. The molecule has 0 atom stereocenters. The molecule has 0 radical (unpaired) electrons. The Balaban J connectivity index is 0.000000174. The smallest absolute Gasteiger partial charge is 0.166 e. The van der Waals surface area contributed by atoms with Crippen LogP contribution in [0.1, 0.15) is 5.56 Å². The SMILES string of the molecule is FC(F)(F)c1ccccc1.c1ccc([SH+]c2ccccc2)cc1. The molecular weight excluding hydrogens is 317 g/mol. The summed E-state index contributed by atoms with van der Waals surface area (Å²) in [4.78, 5) is 2.68. The molecule has 3 rings (SSSR count). The van der Waals surface area contributed by atoms with E-state index in [1.807, 2.05) is 12.1 Å². The van der Waals surface area contributed by atoms with E-state index in [1.54, 1.807) is 6.07 Å². The first-order valence-electron chi connectivity index (χ1n) is 7.00. The maximum absolute atomic E-state index is 11.8. The first-order chi connectivity index (χ1) is 11.1. The largest absolute Gasteiger partial charge is 0.416 e. The lowest BCUT2D eigenvalue weighted by molar-refractivity contribution is -0.137. The van der Waals surface area contributed by atoms with E-state index in [2.05, 4.69) is 48.5 Å². The number of benzene rings is 3. The van der Waals surface area contributed by atoms with Crippen LogP contribution in [0.15, 0.2) is 101 Å². The Labute approximate surface area is 138 Å². The van der Waals surface area contributed by atoms with Gasteiger partial charge in [-0.2, -0.15) is 13.2 Å². The van der Waals surface area contributed by atoms with Crippen molar-refractivity contribution in [2.45, 2.75) is 16.0 Å². The third-order valence-corrected chi connectivity index (χ3v) is 3.98. The molecular formula is C19H16F3S+. The molecule has 3 aromatic carbocycles. The van der Waals surface area contributed by atoms with Crippen molar-refractivity contribution < 1.29 is 13.2 Å². The lowest BCUT2D eigenvalue weighted by atomic mass is 10.2. The van der Waals surface area contributed by atoms with Crippen molar-refractivity contribution in [2.24, 2.45) is 0 Å². The molecule has 0 aliphatic heterocycles. The molecule has 0 aromatic heterocycles. The summed E-state index contributed by atoms with van der Waals surface area (Å²) in [5.41, 5.74) is -0.602. The standard InChI is InChI=1S/C12H10S.C7H5F3/c1-3-7-11(8-4-1)13-12-9-5-2-6-10-12;8-7(9,10)6-4-2-1-3-5-6/h1-10H;1-5H/p+1. The Kier molecular flexibility index (Phi) is 6.29. The monoisotopic (exact) mass is 333 g/mol. The average molecular weight is 333 g/mol. The number of alkyl halides is 3. The summed E-state index contributed by atoms with van der Waals surface area (Å²) in [6.07, 6.45) is -4.21. The molecule has 0 nitrogen and oxygen atoms in total. The second kappa shape index (κ2) is 8.44. The molecule has 0 heterocycles. The van der Waals surface area contributed by atoms with Gasteiger partial charge in [0.05, 0.1) is 5.56 Å². The third kappa shape index (κ3) is 6.20. The molecule has 0 fully saturated rings. The van der Waals surface area contributed by atoms with Crippen molar-refractivity contribution in [3.63, 3.8) is 0 Å². The Morgan fingerprint density at radius 2 is 0.870 bits per heavy atom. The van der Waals surface area contributed by atoms with Crippen LogP contribution in [0, 0.1) is 0 Å². The molecule has 118 valence electrons. The summed E-state index contributed by atoms with van der Waals surface area (Å²) in [6.45, 7) is 0. The summed E-state index contributed by atoms with van der Waals surface area (Å²) in [7, 11) is 0. The van der Waals surface area contributed by atoms with Crippen molar-refractivity contribution in [3.8, 4) is 0 Å². The highest BCUT2D eigenvalue weighted by Gasteiger charge is 2.29. The minimum Gasteiger partial charge on any atom is -0.166 e. The summed E-state index contributed by atoms with van der Waals surface area (Å²) >= 11 is 1.28. The van der Waals surface area contributed by atoms with Gasteiger partial charge >= 0.3 is 6.18 Å². The van der Waals surface area contributed by atoms with Crippen LogP contribution in [-0.2, 0) is 17.9 Å². The first kappa shape index (κ1) is 17.2. The van der Waals surface area contributed by atoms with Gasteiger partial charge in [-0.15, -0.1) is 0 Å². The average Bonchev–Trinajstić information content (AvgIpc) is 2.57. The predicted octanol–water partition coefficient (Wildman–Crippen LogP) is 5.62. The molecule has 4 heteroatoms. The molecule has 0 spiro atoms. The van der Waals surface area contributed by atoms with Crippen molar-refractivity contribution in [2.75, 3.05) is 0 Å². The fraction of sp³-hybridized carbons (Fsp3) is 0.0526. The number of rotatable bonds is 2. The van der Waals surface area contributed by atoms with Gasteiger partial charge in [-0.1, -0.05) is 66.7 Å². The molecule has 23 heavy (non-hydrogen) atoms. The Hall–Kier alpha value is -2.20. The molecule has 0 bridgehead atoms. The molecule has 0 unspecified atom stereocenters. The molecule has 0 saturated heterocycles. The van der Waals surface area contributed by atoms with Gasteiger partial charge < -0.3 is 0 Å². The zero-order valence-electron chi connectivity index (χ0n) is 12.2. The van der Waals surface area contributed by atoms with Crippen LogP contribution in [0.5, 0.6) is 0 Å². The van der Waals surface area contributed by atoms with Crippen LogP contribution in [-0.4, -0.2) is 0 Å². The van der Waals surface area contributed by atoms with Crippen molar-refractivity contribution in [1.82, 2.24) is 0 Å². The zero-order valence-corrected chi connectivity index (χ0v) is 13.1. The van der Waals surface area contributed by atoms with Gasteiger partial charge in [0.2, 0.25) is 0 Å². The van der Waals surface area contributed by atoms with Crippen LogP contribution < -0.4 is 0 Å². The minimum absolute atomic E-state index is 0.602. The van der Waals surface area contributed by atoms with Gasteiger partial charge in [0.25, 0.3) is 0 Å². The molecule has 3 aromatic rings. The fourth-order valence-electron chi connectivity index (χ4n) is 1.78. The lowest BCUT2D eigenvalue weighted by Crippen LogP contribution is -2.03. The quantitative estimate of drug-likeness (QED) is 0.421. The van der Waals surface area contributed by atoms with Crippen LogP contribution >= 0.6 is 0 Å². The number of hydrogen-bond acceptors (Lipinski definition) is 0. The van der Waals surface area contributed by atoms with Crippen LogP contribution in [0.2, 0.25) is 0 Å². The van der Waals surface area contributed by atoms with Gasteiger partial charge in [0.1, 0.15) is 0 Å². The van der Waals surface area contributed by atoms with Gasteiger partial charge in [0, 0.05) is 11.8 Å². The second-order valence-electron chi connectivity index (χ2n) is 4.65. The van der Waals surface area contributed by atoms with E-state index in [9.17, 15) is 13.2 Å². The van der Waals surface area contributed by atoms with Gasteiger partial charge in [-0.25, -0.2) is 0 Å².